The Hall–Kier alpha value is -1.99. The van der Waals surface area contributed by atoms with Crippen molar-refractivity contribution in [1.29, 1.82) is 0 Å². The Morgan fingerprint density at radius 3 is 2.52 bits per heavy atom. The van der Waals surface area contributed by atoms with E-state index in [9.17, 15) is 4.79 Å². The SMILES string of the molecule is COCCOc1ccc(C(C)NC(=O)N2CCCN(C(C)(C)C)CC2)cc1OC. The molecule has 1 fully saturated rings. The van der Waals surface area contributed by atoms with Crippen molar-refractivity contribution in [1.82, 2.24) is 15.1 Å². The van der Waals surface area contributed by atoms with E-state index in [4.69, 9.17) is 14.2 Å². The van der Waals surface area contributed by atoms with Crippen molar-refractivity contribution in [3.05, 3.63) is 23.8 Å². The number of urea groups is 1. The standard InChI is InChI=1S/C22H37N3O4/c1-17(18-8-9-19(20(16-18)28-6)29-15-14-27-5)23-21(26)24-10-7-11-25(13-12-24)22(2,3)4/h8-9,16-17H,7,10-15H2,1-6H3,(H,23,26). The zero-order valence-electron chi connectivity index (χ0n) is 18.8. The lowest BCUT2D eigenvalue weighted by Crippen LogP contribution is -2.45. The third-order valence-corrected chi connectivity index (χ3v) is 5.30. The molecule has 1 aliphatic rings. The minimum atomic E-state index is -0.133. The van der Waals surface area contributed by atoms with E-state index in [0.717, 1.165) is 38.2 Å². The van der Waals surface area contributed by atoms with Crippen LogP contribution < -0.4 is 14.8 Å². The Labute approximate surface area is 175 Å². The van der Waals surface area contributed by atoms with Gasteiger partial charge in [-0.05, 0) is 51.8 Å². The van der Waals surface area contributed by atoms with Crippen LogP contribution in [0, 0.1) is 0 Å². The van der Waals surface area contributed by atoms with Crippen LogP contribution in [0.1, 0.15) is 45.7 Å². The summed E-state index contributed by atoms with van der Waals surface area (Å²) in [5, 5.41) is 3.12. The van der Waals surface area contributed by atoms with Crippen molar-refractivity contribution in [2.75, 3.05) is 53.6 Å². The van der Waals surface area contributed by atoms with Gasteiger partial charge in [0.15, 0.2) is 11.5 Å². The van der Waals surface area contributed by atoms with Gasteiger partial charge in [0.05, 0.1) is 19.8 Å². The number of hydrogen-bond donors (Lipinski definition) is 1. The predicted octanol–water partition coefficient (Wildman–Crippen LogP) is 3.30. The van der Waals surface area contributed by atoms with Gasteiger partial charge in [0.25, 0.3) is 0 Å². The summed E-state index contributed by atoms with van der Waals surface area (Å²) >= 11 is 0. The molecule has 1 atom stereocenters. The van der Waals surface area contributed by atoms with Gasteiger partial charge in [0.1, 0.15) is 6.61 Å². The van der Waals surface area contributed by atoms with E-state index < -0.39 is 0 Å². The molecule has 0 bridgehead atoms. The summed E-state index contributed by atoms with van der Waals surface area (Å²) in [5.41, 5.74) is 1.10. The highest BCUT2D eigenvalue weighted by Gasteiger charge is 2.26. The van der Waals surface area contributed by atoms with Crippen molar-refractivity contribution in [2.24, 2.45) is 0 Å². The van der Waals surface area contributed by atoms with Crippen molar-refractivity contribution in [2.45, 2.75) is 45.7 Å². The predicted molar refractivity (Wildman–Crippen MR) is 115 cm³/mol. The van der Waals surface area contributed by atoms with Crippen LogP contribution in [0.25, 0.3) is 0 Å². The van der Waals surface area contributed by atoms with Crippen LogP contribution in [-0.2, 0) is 4.74 Å². The van der Waals surface area contributed by atoms with Crippen LogP contribution in [0.2, 0.25) is 0 Å². The zero-order valence-corrected chi connectivity index (χ0v) is 18.8. The van der Waals surface area contributed by atoms with E-state index in [2.05, 4.69) is 31.0 Å². The number of carbonyl (C=O) groups excluding carboxylic acids is 1. The maximum atomic E-state index is 12.8. The van der Waals surface area contributed by atoms with Crippen molar-refractivity contribution < 1.29 is 19.0 Å². The van der Waals surface area contributed by atoms with Crippen LogP contribution in [0.4, 0.5) is 4.79 Å². The topological polar surface area (TPSA) is 63.3 Å². The lowest BCUT2D eigenvalue weighted by atomic mass is 10.1. The zero-order chi connectivity index (χ0) is 21.4. The highest BCUT2D eigenvalue weighted by Crippen LogP contribution is 2.30. The molecule has 1 aromatic carbocycles. The third kappa shape index (κ3) is 6.78. The first-order chi connectivity index (χ1) is 13.8. The minimum Gasteiger partial charge on any atom is -0.493 e. The number of benzene rings is 1. The van der Waals surface area contributed by atoms with Crippen molar-refractivity contribution >= 4 is 6.03 Å². The van der Waals surface area contributed by atoms with Gasteiger partial charge in [-0.15, -0.1) is 0 Å². The molecule has 1 saturated heterocycles. The lowest BCUT2D eigenvalue weighted by Gasteiger charge is -2.34. The largest absolute Gasteiger partial charge is 0.493 e. The number of nitrogens with zero attached hydrogens (tertiary/aromatic N) is 2. The van der Waals surface area contributed by atoms with E-state index >= 15 is 0 Å². The normalized spacial score (nSPS) is 16.8. The molecule has 7 heteroatoms. The lowest BCUT2D eigenvalue weighted by molar-refractivity contribution is 0.141. The summed E-state index contributed by atoms with van der Waals surface area (Å²) in [4.78, 5) is 17.2. The van der Waals surface area contributed by atoms with Crippen LogP contribution in [-0.4, -0.2) is 75.0 Å². The van der Waals surface area contributed by atoms with Gasteiger partial charge >= 0.3 is 6.03 Å². The summed E-state index contributed by atoms with van der Waals surface area (Å²) in [7, 11) is 3.25. The molecule has 2 rings (SSSR count). The van der Waals surface area contributed by atoms with Crippen LogP contribution in [0.15, 0.2) is 18.2 Å². The van der Waals surface area contributed by atoms with Crippen LogP contribution in [0.5, 0.6) is 11.5 Å². The van der Waals surface area contributed by atoms with E-state index in [0.29, 0.717) is 24.7 Å². The molecule has 0 aromatic heterocycles. The molecule has 1 N–H and O–H groups in total. The van der Waals surface area contributed by atoms with Crippen LogP contribution >= 0.6 is 0 Å². The molecule has 1 heterocycles. The average molecular weight is 408 g/mol. The molecule has 1 aliphatic heterocycles. The molecule has 2 amide bonds. The number of methoxy groups -OCH3 is 2. The number of ether oxygens (including phenoxy) is 3. The Balaban J connectivity index is 1.96. The first-order valence-corrected chi connectivity index (χ1v) is 10.4. The Bertz CT molecular complexity index is 660. The number of rotatable bonds is 7. The van der Waals surface area contributed by atoms with E-state index in [1.54, 1.807) is 14.2 Å². The first-order valence-electron chi connectivity index (χ1n) is 10.4. The monoisotopic (exact) mass is 407 g/mol. The number of hydrogen-bond acceptors (Lipinski definition) is 5. The van der Waals surface area contributed by atoms with Crippen molar-refractivity contribution in [3.8, 4) is 11.5 Å². The van der Waals surface area contributed by atoms with Crippen molar-refractivity contribution in [3.63, 3.8) is 0 Å². The highest BCUT2D eigenvalue weighted by atomic mass is 16.5. The summed E-state index contributed by atoms with van der Waals surface area (Å²) in [6.45, 7) is 13.1. The summed E-state index contributed by atoms with van der Waals surface area (Å²) in [6, 6.07) is 5.59. The minimum absolute atomic E-state index is 0.0207. The fourth-order valence-corrected chi connectivity index (χ4v) is 3.46. The fraction of sp³-hybridized carbons (Fsp3) is 0.682. The quantitative estimate of drug-likeness (QED) is 0.703. The molecular weight excluding hydrogens is 370 g/mol. The molecule has 0 radical (unpaired) electrons. The van der Waals surface area contributed by atoms with Gasteiger partial charge in [-0.2, -0.15) is 0 Å². The van der Waals surface area contributed by atoms with Gasteiger partial charge in [0, 0.05) is 38.8 Å². The highest BCUT2D eigenvalue weighted by molar-refractivity contribution is 5.74. The first kappa shape index (κ1) is 23.3. The Kier molecular flexibility index (Phi) is 8.59. The van der Waals surface area contributed by atoms with E-state index in [1.807, 2.05) is 30.0 Å². The fourth-order valence-electron chi connectivity index (χ4n) is 3.46. The average Bonchev–Trinajstić information content (AvgIpc) is 2.94. The number of amides is 2. The summed E-state index contributed by atoms with van der Waals surface area (Å²) < 4.78 is 16.1. The summed E-state index contributed by atoms with van der Waals surface area (Å²) in [5.74, 6) is 1.32. The Morgan fingerprint density at radius 1 is 1.10 bits per heavy atom. The molecule has 1 unspecified atom stereocenters. The van der Waals surface area contributed by atoms with Gasteiger partial charge in [-0.1, -0.05) is 6.07 Å². The molecule has 0 spiro atoms. The second kappa shape index (κ2) is 10.7. The second-order valence-electron chi connectivity index (χ2n) is 8.42. The van der Waals surface area contributed by atoms with E-state index in [-0.39, 0.29) is 17.6 Å². The molecule has 7 nitrogen and oxygen atoms in total. The maximum Gasteiger partial charge on any atom is 0.317 e. The molecule has 29 heavy (non-hydrogen) atoms. The Morgan fingerprint density at radius 2 is 1.86 bits per heavy atom. The number of carbonyl (C=O) groups is 1. The molecule has 0 aliphatic carbocycles. The summed E-state index contributed by atoms with van der Waals surface area (Å²) in [6.07, 6.45) is 0.987. The third-order valence-electron chi connectivity index (χ3n) is 5.30. The van der Waals surface area contributed by atoms with Gasteiger partial charge in [0.2, 0.25) is 0 Å². The molecule has 0 saturated carbocycles. The number of nitrogens with one attached hydrogen (secondary N) is 1. The smallest absolute Gasteiger partial charge is 0.317 e. The second-order valence-corrected chi connectivity index (χ2v) is 8.42. The van der Waals surface area contributed by atoms with Gasteiger partial charge in [-0.3, -0.25) is 4.90 Å². The van der Waals surface area contributed by atoms with Gasteiger partial charge < -0.3 is 24.4 Å². The van der Waals surface area contributed by atoms with Gasteiger partial charge in [-0.25, -0.2) is 4.79 Å². The van der Waals surface area contributed by atoms with E-state index in [1.165, 1.54) is 0 Å². The molecule has 164 valence electrons. The maximum absolute atomic E-state index is 12.8. The van der Waals surface area contributed by atoms with Crippen LogP contribution in [0.3, 0.4) is 0 Å². The molecule has 1 aromatic rings. The molecular formula is C22H37N3O4.